The molecule has 0 atom stereocenters. The predicted molar refractivity (Wildman–Crippen MR) is 56.6 cm³/mol. The molecule has 0 heterocycles. The highest BCUT2D eigenvalue weighted by Crippen LogP contribution is 2.06. The van der Waals surface area contributed by atoms with Gasteiger partial charge in [0.1, 0.15) is 0 Å². The van der Waals surface area contributed by atoms with Crippen LogP contribution < -0.4 is 4.72 Å². The van der Waals surface area contributed by atoms with Crippen LogP contribution in [0, 0.1) is 0 Å². The van der Waals surface area contributed by atoms with Crippen molar-refractivity contribution in [2.24, 2.45) is 0 Å². The summed E-state index contributed by atoms with van der Waals surface area (Å²) in [7, 11) is -3.73. The number of carbonyl (C=O) groups is 1. The summed E-state index contributed by atoms with van der Waals surface area (Å²) in [6.45, 7) is 1.63. The van der Waals surface area contributed by atoms with Gasteiger partial charge in [-0.2, -0.15) is 0 Å². The van der Waals surface area contributed by atoms with Gasteiger partial charge in [0.25, 0.3) is 15.9 Å². The molecule has 1 aromatic carbocycles. The Morgan fingerprint density at radius 1 is 1.27 bits per heavy atom. The van der Waals surface area contributed by atoms with E-state index in [0.29, 0.717) is 0 Å². The van der Waals surface area contributed by atoms with Crippen LogP contribution in [-0.2, 0) is 14.8 Å². The lowest BCUT2D eigenvalue weighted by atomic mass is 10.4. The van der Waals surface area contributed by atoms with Crippen LogP contribution in [0.2, 0.25) is 0 Å². The molecule has 0 saturated carbocycles. The van der Waals surface area contributed by atoms with E-state index in [1.807, 2.05) is 4.72 Å². The molecule has 15 heavy (non-hydrogen) atoms. The summed E-state index contributed by atoms with van der Waals surface area (Å²) in [5, 5.41) is 0. The average Bonchev–Trinajstić information content (AvgIpc) is 2.18. The lowest BCUT2D eigenvalue weighted by Crippen LogP contribution is -2.28. The lowest BCUT2D eigenvalue weighted by Gasteiger charge is -2.03. The lowest BCUT2D eigenvalue weighted by molar-refractivity contribution is -0.114. The number of carbonyl (C=O) groups excluding carboxylic acids is 1. The SMILES string of the molecule is CC=CC(=O)NS(=O)(=O)c1ccccc1. The maximum atomic E-state index is 11.6. The Kier molecular flexibility index (Phi) is 3.62. The highest BCUT2D eigenvalue weighted by molar-refractivity contribution is 7.90. The van der Waals surface area contributed by atoms with Gasteiger partial charge in [0.2, 0.25) is 0 Å². The maximum absolute atomic E-state index is 11.6. The fourth-order valence-electron chi connectivity index (χ4n) is 0.976. The van der Waals surface area contributed by atoms with Crippen LogP contribution in [0.5, 0.6) is 0 Å². The van der Waals surface area contributed by atoms with Crippen molar-refractivity contribution in [1.82, 2.24) is 4.72 Å². The topological polar surface area (TPSA) is 63.2 Å². The van der Waals surface area contributed by atoms with Crippen molar-refractivity contribution in [2.45, 2.75) is 11.8 Å². The molecule has 0 bridgehead atoms. The largest absolute Gasteiger partial charge is 0.269 e. The molecule has 0 saturated heterocycles. The Bertz CT molecular complexity index is 463. The number of hydrogen-bond donors (Lipinski definition) is 1. The van der Waals surface area contributed by atoms with E-state index in [9.17, 15) is 13.2 Å². The fourth-order valence-corrected chi connectivity index (χ4v) is 1.94. The van der Waals surface area contributed by atoms with Crippen LogP contribution >= 0.6 is 0 Å². The van der Waals surface area contributed by atoms with Crippen LogP contribution in [0.25, 0.3) is 0 Å². The van der Waals surface area contributed by atoms with E-state index >= 15 is 0 Å². The first-order valence-corrected chi connectivity index (χ1v) is 5.79. The van der Waals surface area contributed by atoms with E-state index in [1.54, 1.807) is 25.1 Å². The Labute approximate surface area is 88.7 Å². The average molecular weight is 225 g/mol. The van der Waals surface area contributed by atoms with Crippen molar-refractivity contribution in [3.05, 3.63) is 42.5 Å². The van der Waals surface area contributed by atoms with Gasteiger partial charge in [0, 0.05) is 0 Å². The molecule has 1 aromatic rings. The van der Waals surface area contributed by atoms with Gasteiger partial charge in [-0.1, -0.05) is 24.3 Å². The van der Waals surface area contributed by atoms with E-state index in [1.165, 1.54) is 18.2 Å². The van der Waals surface area contributed by atoms with Crippen LogP contribution in [0.1, 0.15) is 6.92 Å². The van der Waals surface area contributed by atoms with E-state index in [0.717, 1.165) is 6.08 Å². The summed E-state index contributed by atoms with van der Waals surface area (Å²) in [5.74, 6) is -0.652. The zero-order valence-corrected chi connectivity index (χ0v) is 8.99. The van der Waals surface area contributed by atoms with Crippen LogP contribution in [0.3, 0.4) is 0 Å². The quantitative estimate of drug-likeness (QED) is 0.782. The molecule has 0 fully saturated rings. The zero-order valence-electron chi connectivity index (χ0n) is 8.17. The first-order chi connectivity index (χ1) is 7.06. The van der Waals surface area contributed by atoms with Crippen LogP contribution in [0.4, 0.5) is 0 Å². The minimum absolute atomic E-state index is 0.0721. The molecule has 0 aliphatic carbocycles. The first-order valence-electron chi connectivity index (χ1n) is 4.31. The Hall–Kier alpha value is -1.62. The summed E-state index contributed by atoms with van der Waals surface area (Å²) < 4.78 is 25.0. The number of benzene rings is 1. The highest BCUT2D eigenvalue weighted by atomic mass is 32.2. The first kappa shape index (κ1) is 11.5. The third-order valence-electron chi connectivity index (χ3n) is 1.61. The maximum Gasteiger partial charge on any atom is 0.264 e. The number of allylic oxidation sites excluding steroid dienone is 1. The highest BCUT2D eigenvalue weighted by Gasteiger charge is 2.14. The molecule has 1 amide bonds. The van der Waals surface area contributed by atoms with E-state index in [-0.39, 0.29) is 4.90 Å². The van der Waals surface area contributed by atoms with Gasteiger partial charge in [-0.25, -0.2) is 13.1 Å². The molecule has 5 heteroatoms. The summed E-state index contributed by atoms with van der Waals surface area (Å²) in [6, 6.07) is 7.73. The van der Waals surface area contributed by atoms with Crippen molar-refractivity contribution in [3.8, 4) is 0 Å². The number of nitrogens with one attached hydrogen (secondary N) is 1. The number of hydrogen-bond acceptors (Lipinski definition) is 3. The van der Waals surface area contributed by atoms with Gasteiger partial charge in [0.05, 0.1) is 4.90 Å². The molecule has 0 aliphatic rings. The summed E-state index contributed by atoms with van der Waals surface area (Å²) in [4.78, 5) is 11.1. The predicted octanol–water partition coefficient (Wildman–Crippen LogP) is 1.07. The van der Waals surface area contributed by atoms with Crippen molar-refractivity contribution < 1.29 is 13.2 Å². The molecule has 0 aliphatic heterocycles. The van der Waals surface area contributed by atoms with Gasteiger partial charge < -0.3 is 0 Å². The molecule has 4 nitrogen and oxygen atoms in total. The van der Waals surface area contributed by atoms with Gasteiger partial charge in [-0.15, -0.1) is 0 Å². The standard InChI is InChI=1S/C10H11NO3S/c1-2-6-10(12)11-15(13,14)9-7-4-3-5-8-9/h2-8H,1H3,(H,11,12). The van der Waals surface area contributed by atoms with E-state index in [2.05, 4.69) is 0 Å². The Morgan fingerprint density at radius 3 is 2.40 bits per heavy atom. The Morgan fingerprint density at radius 2 is 1.87 bits per heavy atom. The number of amides is 1. The third-order valence-corrected chi connectivity index (χ3v) is 2.97. The molecular weight excluding hydrogens is 214 g/mol. The molecule has 0 unspecified atom stereocenters. The van der Waals surface area contributed by atoms with Gasteiger partial charge >= 0.3 is 0 Å². The monoisotopic (exact) mass is 225 g/mol. The molecule has 80 valence electrons. The minimum atomic E-state index is -3.73. The van der Waals surface area contributed by atoms with E-state index in [4.69, 9.17) is 0 Å². The second-order valence-corrected chi connectivity index (χ2v) is 4.47. The van der Waals surface area contributed by atoms with Crippen LogP contribution in [0.15, 0.2) is 47.4 Å². The zero-order chi connectivity index (χ0) is 11.3. The normalized spacial score (nSPS) is 11.5. The van der Waals surface area contributed by atoms with Crippen molar-refractivity contribution >= 4 is 15.9 Å². The number of rotatable bonds is 3. The van der Waals surface area contributed by atoms with Crippen molar-refractivity contribution in [2.75, 3.05) is 0 Å². The van der Waals surface area contributed by atoms with Crippen molar-refractivity contribution in [1.29, 1.82) is 0 Å². The molecule has 0 spiro atoms. The van der Waals surface area contributed by atoms with E-state index < -0.39 is 15.9 Å². The number of sulfonamides is 1. The second-order valence-electron chi connectivity index (χ2n) is 2.78. The van der Waals surface area contributed by atoms with Gasteiger partial charge in [0.15, 0.2) is 0 Å². The fraction of sp³-hybridized carbons (Fsp3) is 0.100. The second kappa shape index (κ2) is 4.75. The van der Waals surface area contributed by atoms with Crippen LogP contribution in [-0.4, -0.2) is 14.3 Å². The molecule has 0 aromatic heterocycles. The molecule has 1 rings (SSSR count). The third kappa shape index (κ3) is 3.21. The molecule has 1 N–H and O–H groups in total. The van der Waals surface area contributed by atoms with Crippen molar-refractivity contribution in [3.63, 3.8) is 0 Å². The molecule has 0 radical (unpaired) electrons. The summed E-state index contributed by atoms with van der Waals surface area (Å²) in [6.07, 6.45) is 2.62. The summed E-state index contributed by atoms with van der Waals surface area (Å²) >= 11 is 0. The smallest absolute Gasteiger partial charge is 0.264 e. The summed E-state index contributed by atoms with van der Waals surface area (Å²) in [5.41, 5.74) is 0. The van der Waals surface area contributed by atoms with Gasteiger partial charge in [-0.05, 0) is 25.1 Å². The molecular formula is C10H11NO3S. The minimum Gasteiger partial charge on any atom is -0.269 e. The Balaban J connectivity index is 2.91. The van der Waals surface area contributed by atoms with Gasteiger partial charge in [-0.3, -0.25) is 4.79 Å².